The largest absolute Gasteiger partial charge is 0.390 e. The number of aromatic nitrogens is 1. The zero-order chi connectivity index (χ0) is 15.5. The van der Waals surface area contributed by atoms with E-state index in [1.165, 1.54) is 12.3 Å². The van der Waals surface area contributed by atoms with Gasteiger partial charge in [-0.3, -0.25) is 0 Å². The molecule has 0 atom stereocenters. The third-order valence-corrected chi connectivity index (χ3v) is 4.93. The van der Waals surface area contributed by atoms with Crippen LogP contribution in [0.2, 0.25) is 10.0 Å². The minimum Gasteiger partial charge on any atom is -0.390 e. The second-order valence-corrected chi connectivity index (χ2v) is 7.01. The molecule has 0 fully saturated rings. The Bertz CT molecular complexity index is 729. The zero-order valence-corrected chi connectivity index (χ0v) is 13.3. The van der Waals surface area contributed by atoms with Crippen LogP contribution in [-0.4, -0.2) is 25.1 Å². The van der Waals surface area contributed by atoms with Crippen molar-refractivity contribution >= 4 is 33.2 Å². The van der Waals surface area contributed by atoms with Crippen molar-refractivity contribution in [3.05, 3.63) is 51.8 Å². The van der Waals surface area contributed by atoms with E-state index in [0.717, 1.165) is 5.56 Å². The highest BCUT2D eigenvalue weighted by molar-refractivity contribution is 7.89. The Labute approximate surface area is 133 Å². The van der Waals surface area contributed by atoms with Crippen LogP contribution in [-0.2, 0) is 23.1 Å². The van der Waals surface area contributed by atoms with Crippen molar-refractivity contribution < 1.29 is 13.5 Å². The molecule has 0 aliphatic carbocycles. The minimum absolute atomic E-state index is 0.0914. The number of aliphatic hydroxyl groups is 1. The van der Waals surface area contributed by atoms with Crippen molar-refractivity contribution in [1.82, 2.24) is 9.71 Å². The second-order valence-electron chi connectivity index (χ2n) is 4.40. The summed E-state index contributed by atoms with van der Waals surface area (Å²) in [7, 11) is -3.60. The van der Waals surface area contributed by atoms with Gasteiger partial charge in [0.1, 0.15) is 0 Å². The molecule has 5 nitrogen and oxygen atoms in total. The molecular formula is C13H14Cl2N2O3S. The third-order valence-electron chi connectivity index (χ3n) is 2.90. The highest BCUT2D eigenvalue weighted by atomic mass is 35.5. The van der Waals surface area contributed by atoms with Crippen LogP contribution in [0.25, 0.3) is 0 Å². The molecule has 1 aromatic heterocycles. The molecule has 0 aliphatic rings. The zero-order valence-electron chi connectivity index (χ0n) is 10.9. The van der Waals surface area contributed by atoms with Gasteiger partial charge in [-0.05, 0) is 30.2 Å². The molecule has 114 valence electrons. The van der Waals surface area contributed by atoms with Gasteiger partial charge in [0.2, 0.25) is 10.0 Å². The molecule has 1 heterocycles. The van der Waals surface area contributed by atoms with Gasteiger partial charge in [-0.25, -0.2) is 13.1 Å². The predicted octanol–water partition coefficient (Wildman–Crippen LogP) is 2.33. The first kappa shape index (κ1) is 16.3. The molecule has 0 amide bonds. The van der Waals surface area contributed by atoms with E-state index in [4.69, 9.17) is 28.3 Å². The van der Waals surface area contributed by atoms with E-state index in [-0.39, 0.29) is 18.0 Å². The van der Waals surface area contributed by atoms with Crippen LogP contribution in [0, 0.1) is 0 Å². The van der Waals surface area contributed by atoms with Gasteiger partial charge in [0.05, 0.1) is 11.5 Å². The summed E-state index contributed by atoms with van der Waals surface area (Å²) in [6.07, 6.45) is 1.79. The van der Waals surface area contributed by atoms with E-state index in [9.17, 15) is 8.42 Å². The van der Waals surface area contributed by atoms with Crippen molar-refractivity contribution in [1.29, 1.82) is 0 Å². The van der Waals surface area contributed by atoms with Gasteiger partial charge < -0.3 is 10.1 Å². The molecule has 2 aromatic rings. The lowest BCUT2D eigenvalue weighted by atomic mass is 10.1. The molecule has 1 aromatic carbocycles. The Morgan fingerprint density at radius 2 is 2.00 bits per heavy atom. The van der Waals surface area contributed by atoms with E-state index in [0.29, 0.717) is 22.2 Å². The maximum Gasteiger partial charge on any atom is 0.242 e. The van der Waals surface area contributed by atoms with Crippen molar-refractivity contribution in [3.63, 3.8) is 0 Å². The normalized spacial score (nSPS) is 11.8. The summed E-state index contributed by atoms with van der Waals surface area (Å²) < 4.78 is 26.5. The van der Waals surface area contributed by atoms with Gasteiger partial charge in [-0.1, -0.05) is 29.3 Å². The third kappa shape index (κ3) is 4.21. The molecule has 0 unspecified atom stereocenters. The fourth-order valence-electron chi connectivity index (χ4n) is 1.79. The summed E-state index contributed by atoms with van der Waals surface area (Å²) in [4.78, 5) is 2.77. The number of aromatic amines is 1. The number of H-pyrrole nitrogens is 1. The summed E-state index contributed by atoms with van der Waals surface area (Å²) in [5.74, 6) is 0. The molecule has 0 aliphatic heterocycles. The summed E-state index contributed by atoms with van der Waals surface area (Å²) in [6, 6.07) is 6.47. The second kappa shape index (κ2) is 6.81. The van der Waals surface area contributed by atoms with Gasteiger partial charge >= 0.3 is 0 Å². The molecule has 0 saturated heterocycles. The average Bonchev–Trinajstić information content (AvgIpc) is 2.91. The van der Waals surface area contributed by atoms with Crippen molar-refractivity contribution in [2.24, 2.45) is 0 Å². The molecule has 21 heavy (non-hydrogen) atoms. The van der Waals surface area contributed by atoms with E-state index in [1.807, 2.05) is 0 Å². The quantitative estimate of drug-likeness (QED) is 0.749. The highest BCUT2D eigenvalue weighted by Gasteiger charge is 2.15. The number of hydrogen-bond donors (Lipinski definition) is 3. The topological polar surface area (TPSA) is 82.2 Å². The van der Waals surface area contributed by atoms with Gasteiger partial charge in [0.25, 0.3) is 0 Å². The van der Waals surface area contributed by atoms with Gasteiger partial charge in [0, 0.05) is 28.5 Å². The SMILES string of the molecule is O=S(=O)(NCCc1ccc(Cl)cc1Cl)c1c[nH]c(CO)c1. The Morgan fingerprint density at radius 1 is 1.24 bits per heavy atom. The van der Waals surface area contributed by atoms with Gasteiger partial charge in [-0.15, -0.1) is 0 Å². The molecule has 0 radical (unpaired) electrons. The van der Waals surface area contributed by atoms with E-state index >= 15 is 0 Å². The molecule has 3 N–H and O–H groups in total. The lowest BCUT2D eigenvalue weighted by Crippen LogP contribution is -2.25. The maximum absolute atomic E-state index is 12.0. The Hall–Kier alpha value is -1.05. The molecular weight excluding hydrogens is 335 g/mol. The average molecular weight is 349 g/mol. The lowest BCUT2D eigenvalue weighted by Gasteiger charge is -2.07. The Balaban J connectivity index is 1.99. The van der Waals surface area contributed by atoms with Crippen LogP contribution in [0.15, 0.2) is 35.4 Å². The highest BCUT2D eigenvalue weighted by Crippen LogP contribution is 2.21. The predicted molar refractivity (Wildman–Crippen MR) is 82.1 cm³/mol. The van der Waals surface area contributed by atoms with Crippen LogP contribution in [0.1, 0.15) is 11.3 Å². The smallest absolute Gasteiger partial charge is 0.242 e. The number of halogens is 2. The Kier molecular flexibility index (Phi) is 5.29. The van der Waals surface area contributed by atoms with Crippen LogP contribution in [0.4, 0.5) is 0 Å². The molecule has 0 bridgehead atoms. The molecule has 0 saturated carbocycles. The van der Waals surface area contributed by atoms with Crippen LogP contribution in [0.3, 0.4) is 0 Å². The summed E-state index contributed by atoms with van der Waals surface area (Å²) >= 11 is 11.8. The molecule has 0 spiro atoms. The summed E-state index contributed by atoms with van der Waals surface area (Å²) in [5, 5.41) is 9.96. The lowest BCUT2D eigenvalue weighted by molar-refractivity contribution is 0.277. The number of sulfonamides is 1. The van der Waals surface area contributed by atoms with Crippen molar-refractivity contribution in [2.45, 2.75) is 17.9 Å². The first-order valence-corrected chi connectivity index (χ1v) is 8.38. The van der Waals surface area contributed by atoms with Gasteiger partial charge in [0.15, 0.2) is 0 Å². The number of aliphatic hydroxyl groups excluding tert-OH is 1. The first-order valence-electron chi connectivity index (χ1n) is 6.14. The number of benzene rings is 1. The monoisotopic (exact) mass is 348 g/mol. The summed E-state index contributed by atoms with van der Waals surface area (Å²) in [5.41, 5.74) is 1.25. The molecule has 2 rings (SSSR count). The van der Waals surface area contributed by atoms with Crippen molar-refractivity contribution in [2.75, 3.05) is 6.54 Å². The Morgan fingerprint density at radius 3 is 2.62 bits per heavy atom. The van der Waals surface area contributed by atoms with E-state index in [2.05, 4.69) is 9.71 Å². The number of nitrogens with one attached hydrogen (secondary N) is 2. The van der Waals surface area contributed by atoms with Crippen molar-refractivity contribution in [3.8, 4) is 0 Å². The van der Waals surface area contributed by atoms with E-state index < -0.39 is 10.0 Å². The fraction of sp³-hybridized carbons (Fsp3) is 0.231. The van der Waals surface area contributed by atoms with Crippen LogP contribution < -0.4 is 4.72 Å². The first-order chi connectivity index (χ1) is 9.92. The molecule has 8 heteroatoms. The fourth-order valence-corrected chi connectivity index (χ4v) is 3.35. The van der Waals surface area contributed by atoms with Gasteiger partial charge in [-0.2, -0.15) is 0 Å². The standard InChI is InChI=1S/C13H14Cl2N2O3S/c14-10-2-1-9(13(15)5-10)3-4-17-21(19,20)12-6-11(8-18)16-7-12/h1-2,5-7,16-18H,3-4,8H2. The van der Waals surface area contributed by atoms with E-state index in [1.54, 1.807) is 18.2 Å². The summed E-state index contributed by atoms with van der Waals surface area (Å²) in [6.45, 7) is -0.0285. The number of hydrogen-bond acceptors (Lipinski definition) is 3. The van der Waals surface area contributed by atoms with Crippen LogP contribution in [0.5, 0.6) is 0 Å². The maximum atomic E-state index is 12.0. The number of rotatable bonds is 6. The minimum atomic E-state index is -3.60. The van der Waals surface area contributed by atoms with Crippen LogP contribution >= 0.6 is 23.2 Å².